The third-order valence-corrected chi connectivity index (χ3v) is 5.20. The van der Waals surface area contributed by atoms with Crippen LogP contribution in [0, 0.1) is 11.3 Å². The molecule has 0 bridgehead atoms. The second-order valence-corrected chi connectivity index (χ2v) is 6.04. The third kappa shape index (κ3) is 1.42. The molecule has 0 aromatic heterocycles. The summed E-state index contributed by atoms with van der Waals surface area (Å²) >= 11 is 0. The van der Waals surface area contributed by atoms with Gasteiger partial charge in [-0.3, -0.25) is 9.59 Å². The van der Waals surface area contributed by atoms with E-state index in [2.05, 4.69) is 18.2 Å². The molecule has 0 amide bonds. The van der Waals surface area contributed by atoms with Crippen LogP contribution in [0.4, 0.5) is 0 Å². The van der Waals surface area contributed by atoms with Crippen LogP contribution in [0.15, 0.2) is 36.4 Å². The normalized spacial score (nSPS) is 23.5. The quantitative estimate of drug-likeness (QED) is 0.631. The molecule has 4 rings (SSSR count). The Morgan fingerprint density at radius 2 is 1.64 bits per heavy atom. The van der Waals surface area contributed by atoms with E-state index in [1.165, 1.54) is 25.2 Å². The number of benzene rings is 2. The van der Waals surface area contributed by atoms with Gasteiger partial charge >= 0.3 is 11.9 Å². The minimum atomic E-state index is -1.14. The Labute approximate surface area is 128 Å². The van der Waals surface area contributed by atoms with E-state index in [1.807, 2.05) is 18.2 Å². The average molecular weight is 296 g/mol. The molecule has 0 unspecified atom stereocenters. The lowest BCUT2D eigenvalue weighted by molar-refractivity contribution is -0.162. The number of carbonyl (C=O) groups excluding carboxylic acids is 2. The molecule has 112 valence electrons. The van der Waals surface area contributed by atoms with Crippen molar-refractivity contribution in [1.29, 1.82) is 0 Å². The Morgan fingerprint density at radius 1 is 1.05 bits per heavy atom. The molecule has 0 N–H and O–H groups in total. The Hall–Kier alpha value is -2.36. The lowest BCUT2D eigenvalue weighted by Gasteiger charge is -2.17. The molecular formula is C18H16O4. The van der Waals surface area contributed by atoms with Gasteiger partial charge in [-0.05, 0) is 34.2 Å². The van der Waals surface area contributed by atoms with E-state index in [0.717, 1.165) is 17.4 Å². The van der Waals surface area contributed by atoms with Crippen molar-refractivity contribution in [2.45, 2.75) is 12.3 Å². The number of fused-ring (bicyclic) bond motifs is 4. The van der Waals surface area contributed by atoms with E-state index in [1.54, 1.807) is 0 Å². The molecule has 2 aromatic rings. The van der Waals surface area contributed by atoms with Gasteiger partial charge in [0.2, 0.25) is 0 Å². The molecule has 0 radical (unpaired) electrons. The first kappa shape index (κ1) is 13.3. The molecule has 1 saturated carbocycles. The molecule has 2 aromatic carbocycles. The maximum atomic E-state index is 12.3. The third-order valence-electron chi connectivity index (χ3n) is 5.20. The molecule has 4 heteroatoms. The number of ether oxygens (including phenoxy) is 2. The number of hydrogen-bond acceptors (Lipinski definition) is 4. The highest BCUT2D eigenvalue weighted by Gasteiger charge is 2.78. The van der Waals surface area contributed by atoms with E-state index in [0.29, 0.717) is 0 Å². The SMILES string of the molecule is COC(=O)C1(C(=O)OC)[C@@H]2c3cc4ccccc4cc3C[C@@H]21. The summed E-state index contributed by atoms with van der Waals surface area (Å²) < 4.78 is 9.80. The standard InChI is InChI=1S/C18H16O4/c1-21-16(19)18(17(20)22-2)14-9-12-7-10-5-3-4-6-11(10)8-13(12)15(14)18/h3-8,14-15H,9H2,1-2H3/t14-,15+/m0/s1. The van der Waals surface area contributed by atoms with Gasteiger partial charge in [-0.15, -0.1) is 0 Å². The number of rotatable bonds is 2. The van der Waals surface area contributed by atoms with Gasteiger partial charge in [0.05, 0.1) is 14.2 Å². The monoisotopic (exact) mass is 296 g/mol. The zero-order valence-electron chi connectivity index (χ0n) is 12.5. The van der Waals surface area contributed by atoms with Gasteiger partial charge in [0, 0.05) is 5.92 Å². The van der Waals surface area contributed by atoms with Crippen molar-refractivity contribution < 1.29 is 19.1 Å². The van der Waals surface area contributed by atoms with E-state index in [9.17, 15) is 9.59 Å². The summed E-state index contributed by atoms with van der Waals surface area (Å²) in [7, 11) is 2.64. The fourth-order valence-corrected chi connectivity index (χ4v) is 4.19. The number of methoxy groups -OCH3 is 2. The predicted molar refractivity (Wildman–Crippen MR) is 80.3 cm³/mol. The van der Waals surface area contributed by atoms with Crippen molar-refractivity contribution in [3.8, 4) is 0 Å². The van der Waals surface area contributed by atoms with Crippen LogP contribution in [0.5, 0.6) is 0 Å². The van der Waals surface area contributed by atoms with Gasteiger partial charge in [-0.2, -0.15) is 0 Å². The molecule has 4 nitrogen and oxygen atoms in total. The predicted octanol–water partition coefficient (Wildman–Crippen LogP) is 2.44. The maximum Gasteiger partial charge on any atom is 0.324 e. The molecule has 1 fully saturated rings. The smallest absolute Gasteiger partial charge is 0.324 e. The Balaban J connectivity index is 1.84. The highest BCUT2D eigenvalue weighted by Crippen LogP contribution is 2.71. The van der Waals surface area contributed by atoms with Crippen LogP contribution in [-0.4, -0.2) is 26.2 Å². The number of hydrogen-bond donors (Lipinski definition) is 0. The van der Waals surface area contributed by atoms with E-state index in [-0.39, 0.29) is 11.8 Å². The highest BCUT2D eigenvalue weighted by atomic mass is 16.5. The Morgan fingerprint density at radius 3 is 2.23 bits per heavy atom. The fourth-order valence-electron chi connectivity index (χ4n) is 4.19. The van der Waals surface area contributed by atoms with Crippen LogP contribution >= 0.6 is 0 Å². The molecule has 0 heterocycles. The van der Waals surface area contributed by atoms with Crippen LogP contribution in [-0.2, 0) is 25.5 Å². The largest absolute Gasteiger partial charge is 0.468 e. The number of esters is 2. The molecule has 0 saturated heterocycles. The van der Waals surface area contributed by atoms with Crippen LogP contribution in [0.25, 0.3) is 10.8 Å². The summed E-state index contributed by atoms with van der Waals surface area (Å²) in [6, 6.07) is 12.4. The lowest BCUT2D eigenvalue weighted by Crippen LogP contribution is -2.33. The molecular weight excluding hydrogens is 280 g/mol. The summed E-state index contributed by atoms with van der Waals surface area (Å²) in [5, 5.41) is 2.31. The van der Waals surface area contributed by atoms with Crippen molar-refractivity contribution in [2.75, 3.05) is 14.2 Å². The summed E-state index contributed by atoms with van der Waals surface area (Å²) in [6.07, 6.45) is 0.717. The summed E-state index contributed by atoms with van der Waals surface area (Å²) in [6.45, 7) is 0. The van der Waals surface area contributed by atoms with Crippen molar-refractivity contribution in [2.24, 2.45) is 11.3 Å². The average Bonchev–Trinajstić information content (AvgIpc) is 3.07. The van der Waals surface area contributed by atoms with Gasteiger partial charge in [-0.25, -0.2) is 0 Å². The van der Waals surface area contributed by atoms with E-state index < -0.39 is 17.4 Å². The minimum Gasteiger partial charge on any atom is -0.468 e. The van der Waals surface area contributed by atoms with Crippen molar-refractivity contribution >= 4 is 22.7 Å². The molecule has 0 spiro atoms. The maximum absolute atomic E-state index is 12.3. The summed E-state index contributed by atoms with van der Waals surface area (Å²) in [5.41, 5.74) is 1.16. The Kier molecular flexibility index (Phi) is 2.61. The van der Waals surface area contributed by atoms with Gasteiger partial charge in [0.1, 0.15) is 0 Å². The van der Waals surface area contributed by atoms with E-state index >= 15 is 0 Å². The van der Waals surface area contributed by atoms with Crippen molar-refractivity contribution in [1.82, 2.24) is 0 Å². The first-order chi connectivity index (χ1) is 10.6. The van der Waals surface area contributed by atoms with Crippen molar-refractivity contribution in [3.05, 3.63) is 47.5 Å². The van der Waals surface area contributed by atoms with Crippen LogP contribution in [0.3, 0.4) is 0 Å². The molecule has 2 aliphatic carbocycles. The van der Waals surface area contributed by atoms with Crippen molar-refractivity contribution in [3.63, 3.8) is 0 Å². The highest BCUT2D eigenvalue weighted by molar-refractivity contribution is 6.07. The second-order valence-electron chi connectivity index (χ2n) is 6.04. The van der Waals surface area contributed by atoms with Gasteiger partial charge in [0.15, 0.2) is 5.41 Å². The summed E-state index contributed by atoms with van der Waals surface area (Å²) in [4.78, 5) is 24.5. The second kappa shape index (κ2) is 4.32. The fraction of sp³-hybridized carbons (Fsp3) is 0.333. The first-order valence-corrected chi connectivity index (χ1v) is 7.33. The topological polar surface area (TPSA) is 52.6 Å². The van der Waals surface area contributed by atoms with Crippen LogP contribution in [0.1, 0.15) is 17.0 Å². The molecule has 22 heavy (non-hydrogen) atoms. The molecule has 2 aliphatic rings. The van der Waals surface area contributed by atoms with Gasteiger partial charge < -0.3 is 9.47 Å². The Bertz CT molecular complexity index is 792. The lowest BCUT2D eigenvalue weighted by atomic mass is 9.90. The zero-order chi connectivity index (χ0) is 15.5. The first-order valence-electron chi connectivity index (χ1n) is 7.33. The van der Waals surface area contributed by atoms with Crippen LogP contribution in [0.2, 0.25) is 0 Å². The van der Waals surface area contributed by atoms with Crippen LogP contribution < -0.4 is 0 Å². The molecule has 2 atom stereocenters. The van der Waals surface area contributed by atoms with Gasteiger partial charge in [0.25, 0.3) is 0 Å². The summed E-state index contributed by atoms with van der Waals surface area (Å²) in [5.74, 6) is -1.12. The zero-order valence-corrected chi connectivity index (χ0v) is 12.5. The molecule has 0 aliphatic heterocycles. The minimum absolute atomic E-state index is 0.0424. The van der Waals surface area contributed by atoms with Gasteiger partial charge in [-0.1, -0.05) is 36.4 Å². The number of carbonyl (C=O) groups is 2. The van der Waals surface area contributed by atoms with E-state index in [4.69, 9.17) is 9.47 Å².